The highest BCUT2D eigenvalue weighted by Gasteiger charge is 2.21. The first-order valence-electron chi connectivity index (χ1n) is 5.46. The van der Waals surface area contributed by atoms with Gasteiger partial charge in [-0.15, -0.1) is 0 Å². The largest absolute Gasteiger partial charge is 0.496 e. The van der Waals surface area contributed by atoms with Gasteiger partial charge in [0.25, 0.3) is 0 Å². The first-order chi connectivity index (χ1) is 7.72. The van der Waals surface area contributed by atoms with Crippen LogP contribution in [0.2, 0.25) is 0 Å². The molecule has 1 saturated heterocycles. The number of benzene rings is 1. The van der Waals surface area contributed by atoms with E-state index in [1.165, 1.54) is 13.2 Å². The molecule has 0 spiro atoms. The molecule has 0 aliphatic carbocycles. The lowest BCUT2D eigenvalue weighted by atomic mass is 9.91. The standard InChI is InChI=1S/C12H15F2NO/c1-16-12-6-11(14)10(13)5-9(12)8-3-2-4-15-7-8/h5-6,8,15H,2-4,7H2,1H3. The van der Waals surface area contributed by atoms with Crippen molar-refractivity contribution in [1.82, 2.24) is 5.32 Å². The van der Waals surface area contributed by atoms with Crippen LogP contribution in [0.1, 0.15) is 24.3 Å². The van der Waals surface area contributed by atoms with Crippen LogP contribution >= 0.6 is 0 Å². The van der Waals surface area contributed by atoms with E-state index in [-0.39, 0.29) is 5.92 Å². The molecule has 0 amide bonds. The smallest absolute Gasteiger partial charge is 0.162 e. The summed E-state index contributed by atoms with van der Waals surface area (Å²) >= 11 is 0. The lowest BCUT2D eigenvalue weighted by Crippen LogP contribution is -2.28. The first-order valence-corrected chi connectivity index (χ1v) is 5.46. The molecule has 1 aliphatic heterocycles. The van der Waals surface area contributed by atoms with Gasteiger partial charge in [0.1, 0.15) is 5.75 Å². The Balaban J connectivity index is 2.33. The predicted octanol–water partition coefficient (Wildman–Crippen LogP) is 2.44. The van der Waals surface area contributed by atoms with Crippen molar-refractivity contribution in [3.05, 3.63) is 29.3 Å². The molecule has 0 bridgehead atoms. The van der Waals surface area contributed by atoms with Crippen molar-refractivity contribution in [2.45, 2.75) is 18.8 Å². The van der Waals surface area contributed by atoms with Crippen LogP contribution in [-0.4, -0.2) is 20.2 Å². The third-order valence-corrected chi connectivity index (χ3v) is 3.01. The second-order valence-electron chi connectivity index (χ2n) is 4.05. The summed E-state index contributed by atoms with van der Waals surface area (Å²) in [5, 5.41) is 3.25. The van der Waals surface area contributed by atoms with E-state index in [9.17, 15) is 8.78 Å². The number of piperidine rings is 1. The zero-order valence-electron chi connectivity index (χ0n) is 9.22. The maximum Gasteiger partial charge on any atom is 0.162 e. The lowest BCUT2D eigenvalue weighted by Gasteiger charge is -2.24. The highest BCUT2D eigenvalue weighted by Crippen LogP contribution is 2.32. The maximum absolute atomic E-state index is 13.2. The summed E-state index contributed by atoms with van der Waals surface area (Å²) in [6.45, 7) is 1.78. The van der Waals surface area contributed by atoms with E-state index in [1.54, 1.807) is 0 Å². The number of ether oxygens (including phenoxy) is 1. The summed E-state index contributed by atoms with van der Waals surface area (Å²) in [6, 6.07) is 2.38. The molecule has 88 valence electrons. The molecule has 1 atom stereocenters. The third kappa shape index (κ3) is 2.16. The van der Waals surface area contributed by atoms with Crippen LogP contribution in [0.3, 0.4) is 0 Å². The number of nitrogens with one attached hydrogen (secondary N) is 1. The van der Waals surface area contributed by atoms with Gasteiger partial charge in [-0.1, -0.05) is 0 Å². The average molecular weight is 227 g/mol. The maximum atomic E-state index is 13.2. The Hall–Kier alpha value is -1.16. The van der Waals surface area contributed by atoms with Gasteiger partial charge in [-0.2, -0.15) is 0 Å². The van der Waals surface area contributed by atoms with Crippen molar-refractivity contribution in [2.24, 2.45) is 0 Å². The van der Waals surface area contributed by atoms with Gasteiger partial charge in [-0.05, 0) is 25.5 Å². The molecule has 2 nitrogen and oxygen atoms in total. The third-order valence-electron chi connectivity index (χ3n) is 3.01. The van der Waals surface area contributed by atoms with Crippen LogP contribution in [0.5, 0.6) is 5.75 Å². The quantitative estimate of drug-likeness (QED) is 0.837. The van der Waals surface area contributed by atoms with Crippen LogP contribution < -0.4 is 10.1 Å². The van der Waals surface area contributed by atoms with Crippen molar-refractivity contribution in [2.75, 3.05) is 20.2 Å². The Kier molecular flexibility index (Phi) is 3.39. The Morgan fingerprint density at radius 1 is 1.31 bits per heavy atom. The first kappa shape index (κ1) is 11.3. The number of hydrogen-bond donors (Lipinski definition) is 1. The highest BCUT2D eigenvalue weighted by molar-refractivity contribution is 5.38. The Labute approximate surface area is 93.6 Å². The van der Waals surface area contributed by atoms with Crippen molar-refractivity contribution >= 4 is 0 Å². The summed E-state index contributed by atoms with van der Waals surface area (Å²) in [5.41, 5.74) is 0.758. The van der Waals surface area contributed by atoms with Crippen molar-refractivity contribution in [1.29, 1.82) is 0 Å². The van der Waals surface area contributed by atoms with E-state index in [1.807, 2.05) is 0 Å². The second-order valence-corrected chi connectivity index (χ2v) is 4.05. The zero-order valence-corrected chi connectivity index (χ0v) is 9.22. The SMILES string of the molecule is COc1cc(F)c(F)cc1C1CCCNC1. The Bertz CT molecular complexity index is 376. The molecule has 1 unspecified atom stereocenters. The topological polar surface area (TPSA) is 21.3 Å². The molecule has 1 heterocycles. The minimum Gasteiger partial charge on any atom is -0.496 e. The number of halogens is 2. The van der Waals surface area contributed by atoms with E-state index in [4.69, 9.17) is 4.74 Å². The van der Waals surface area contributed by atoms with Crippen LogP contribution in [0, 0.1) is 11.6 Å². The summed E-state index contributed by atoms with van der Waals surface area (Å²) < 4.78 is 31.3. The minimum absolute atomic E-state index is 0.207. The fraction of sp³-hybridized carbons (Fsp3) is 0.500. The lowest BCUT2D eigenvalue weighted by molar-refractivity contribution is 0.383. The monoisotopic (exact) mass is 227 g/mol. The van der Waals surface area contributed by atoms with Gasteiger partial charge < -0.3 is 10.1 Å². The molecular weight excluding hydrogens is 212 g/mol. The molecule has 0 aromatic heterocycles. The van der Waals surface area contributed by atoms with Crippen molar-refractivity contribution in [3.63, 3.8) is 0 Å². The van der Waals surface area contributed by atoms with Gasteiger partial charge in [-0.25, -0.2) is 8.78 Å². The molecule has 1 aromatic rings. The van der Waals surface area contributed by atoms with Gasteiger partial charge >= 0.3 is 0 Å². The van der Waals surface area contributed by atoms with Gasteiger partial charge in [0.15, 0.2) is 11.6 Å². The number of hydrogen-bond acceptors (Lipinski definition) is 2. The molecule has 1 N–H and O–H groups in total. The van der Waals surface area contributed by atoms with Crippen molar-refractivity contribution in [3.8, 4) is 5.75 Å². The predicted molar refractivity (Wildman–Crippen MR) is 57.8 cm³/mol. The molecule has 0 saturated carbocycles. The molecular formula is C12H15F2NO. The summed E-state index contributed by atoms with van der Waals surface area (Å²) in [4.78, 5) is 0. The molecule has 1 fully saturated rings. The molecule has 16 heavy (non-hydrogen) atoms. The Morgan fingerprint density at radius 3 is 2.69 bits per heavy atom. The average Bonchev–Trinajstić information content (AvgIpc) is 2.33. The zero-order chi connectivity index (χ0) is 11.5. The molecule has 2 rings (SSSR count). The number of methoxy groups -OCH3 is 1. The van der Waals surface area contributed by atoms with E-state index in [2.05, 4.69) is 5.32 Å². The van der Waals surface area contributed by atoms with Gasteiger partial charge in [-0.3, -0.25) is 0 Å². The van der Waals surface area contributed by atoms with Crippen LogP contribution in [0.25, 0.3) is 0 Å². The Morgan fingerprint density at radius 2 is 2.06 bits per heavy atom. The van der Waals surface area contributed by atoms with Gasteiger partial charge in [0.05, 0.1) is 7.11 Å². The molecule has 4 heteroatoms. The molecule has 0 radical (unpaired) electrons. The number of rotatable bonds is 2. The van der Waals surface area contributed by atoms with E-state index in [0.717, 1.165) is 37.6 Å². The van der Waals surface area contributed by atoms with Crippen molar-refractivity contribution < 1.29 is 13.5 Å². The van der Waals surface area contributed by atoms with Gasteiger partial charge in [0, 0.05) is 24.1 Å². The fourth-order valence-electron chi connectivity index (χ4n) is 2.16. The van der Waals surface area contributed by atoms with E-state index in [0.29, 0.717) is 5.75 Å². The highest BCUT2D eigenvalue weighted by atomic mass is 19.2. The molecule has 1 aromatic carbocycles. The second kappa shape index (κ2) is 4.78. The van der Waals surface area contributed by atoms with E-state index >= 15 is 0 Å². The minimum atomic E-state index is -0.857. The van der Waals surface area contributed by atoms with E-state index < -0.39 is 11.6 Å². The van der Waals surface area contributed by atoms with Crippen LogP contribution in [0.15, 0.2) is 12.1 Å². The molecule has 1 aliphatic rings. The summed E-state index contributed by atoms with van der Waals surface area (Å²) in [7, 11) is 1.48. The van der Waals surface area contributed by atoms with Crippen LogP contribution in [0.4, 0.5) is 8.78 Å². The summed E-state index contributed by atoms with van der Waals surface area (Å²) in [6.07, 6.45) is 2.03. The normalized spacial score (nSPS) is 20.8. The van der Waals surface area contributed by atoms with Crippen LogP contribution in [-0.2, 0) is 0 Å². The van der Waals surface area contributed by atoms with Gasteiger partial charge in [0.2, 0.25) is 0 Å². The fourth-order valence-corrected chi connectivity index (χ4v) is 2.16. The summed E-state index contributed by atoms with van der Waals surface area (Å²) in [5.74, 6) is -1.02.